The van der Waals surface area contributed by atoms with Gasteiger partial charge in [-0.2, -0.15) is 0 Å². The van der Waals surface area contributed by atoms with Crippen molar-refractivity contribution in [3.8, 4) is 0 Å². The van der Waals surface area contributed by atoms with E-state index in [0.717, 1.165) is 18.8 Å². The summed E-state index contributed by atoms with van der Waals surface area (Å²) in [7, 11) is 2.07. The van der Waals surface area contributed by atoms with Crippen LogP contribution in [0.3, 0.4) is 0 Å². The molecule has 0 atom stereocenters. The Balaban J connectivity index is 1.99. The Morgan fingerprint density at radius 1 is 1.30 bits per heavy atom. The summed E-state index contributed by atoms with van der Waals surface area (Å²) in [6.45, 7) is 2.36. The Morgan fingerprint density at radius 3 is 2.85 bits per heavy atom. The van der Waals surface area contributed by atoms with Gasteiger partial charge in [0.1, 0.15) is 5.69 Å². The van der Waals surface area contributed by atoms with Crippen molar-refractivity contribution < 1.29 is 4.79 Å². The van der Waals surface area contributed by atoms with Crippen LogP contribution in [0.5, 0.6) is 0 Å². The monoisotopic (exact) mass is 289 g/mol. The van der Waals surface area contributed by atoms with Gasteiger partial charge in [-0.05, 0) is 24.7 Å². The highest BCUT2D eigenvalue weighted by Crippen LogP contribution is 2.26. The standard InChI is InChI=1S/C15H16ClN3O/c1-18-6-7-19(14-5-3-2-4-11(14)10-18)15(20)13-8-12(16)9-17-13/h2-5,8-9,17H,6-7,10H2,1H3. The lowest BCUT2D eigenvalue weighted by atomic mass is 10.1. The van der Waals surface area contributed by atoms with Gasteiger partial charge in [0.2, 0.25) is 0 Å². The smallest absolute Gasteiger partial charge is 0.274 e. The maximum atomic E-state index is 12.7. The van der Waals surface area contributed by atoms with E-state index in [2.05, 4.69) is 23.0 Å². The summed E-state index contributed by atoms with van der Waals surface area (Å²) < 4.78 is 0. The minimum absolute atomic E-state index is 0.0420. The summed E-state index contributed by atoms with van der Waals surface area (Å²) in [6.07, 6.45) is 1.63. The number of aromatic amines is 1. The van der Waals surface area contributed by atoms with Gasteiger partial charge in [0.25, 0.3) is 5.91 Å². The number of nitrogens with zero attached hydrogens (tertiary/aromatic N) is 2. The Hall–Kier alpha value is -1.78. The second-order valence-electron chi connectivity index (χ2n) is 5.05. The molecule has 0 saturated heterocycles. The van der Waals surface area contributed by atoms with Crippen molar-refractivity contribution in [2.75, 3.05) is 25.0 Å². The van der Waals surface area contributed by atoms with Crippen molar-refractivity contribution in [3.05, 3.63) is 52.8 Å². The molecule has 3 rings (SSSR count). The second-order valence-corrected chi connectivity index (χ2v) is 5.49. The van der Waals surface area contributed by atoms with Crippen molar-refractivity contribution in [2.45, 2.75) is 6.54 Å². The van der Waals surface area contributed by atoms with Gasteiger partial charge in [-0.3, -0.25) is 4.79 Å². The normalized spacial score (nSPS) is 15.8. The quantitative estimate of drug-likeness (QED) is 0.877. The summed E-state index contributed by atoms with van der Waals surface area (Å²) in [5.41, 5.74) is 2.67. The third kappa shape index (κ3) is 2.44. The number of amides is 1. The number of anilines is 1. The number of carbonyl (C=O) groups is 1. The molecule has 0 spiro atoms. The number of aromatic nitrogens is 1. The van der Waals surface area contributed by atoms with Crippen molar-refractivity contribution in [1.29, 1.82) is 0 Å². The number of fused-ring (bicyclic) bond motifs is 1. The largest absolute Gasteiger partial charge is 0.356 e. The molecule has 0 unspecified atom stereocenters. The number of H-pyrrole nitrogens is 1. The van der Waals surface area contributed by atoms with Crippen LogP contribution in [-0.4, -0.2) is 35.9 Å². The third-order valence-corrected chi connectivity index (χ3v) is 3.77. The number of rotatable bonds is 1. The van der Waals surface area contributed by atoms with E-state index in [-0.39, 0.29) is 5.91 Å². The summed E-state index contributed by atoms with van der Waals surface area (Å²) in [5.74, 6) is -0.0420. The summed E-state index contributed by atoms with van der Waals surface area (Å²) in [4.78, 5) is 19.6. The number of halogens is 1. The first-order valence-corrected chi connectivity index (χ1v) is 6.95. The van der Waals surface area contributed by atoms with Gasteiger partial charge >= 0.3 is 0 Å². The van der Waals surface area contributed by atoms with Gasteiger partial charge in [-0.25, -0.2) is 0 Å². The van der Waals surface area contributed by atoms with E-state index >= 15 is 0 Å². The molecule has 20 heavy (non-hydrogen) atoms. The minimum Gasteiger partial charge on any atom is -0.356 e. The van der Waals surface area contributed by atoms with Crippen LogP contribution in [0, 0.1) is 0 Å². The molecule has 4 nitrogen and oxygen atoms in total. The van der Waals surface area contributed by atoms with Crippen LogP contribution < -0.4 is 4.90 Å². The van der Waals surface area contributed by atoms with Gasteiger partial charge in [0, 0.05) is 31.5 Å². The number of carbonyl (C=O) groups excluding carboxylic acids is 1. The second kappa shape index (κ2) is 5.31. The van der Waals surface area contributed by atoms with Crippen LogP contribution >= 0.6 is 11.6 Å². The molecule has 2 heterocycles. The maximum absolute atomic E-state index is 12.7. The van der Waals surface area contributed by atoms with Gasteiger partial charge in [-0.15, -0.1) is 0 Å². The van der Waals surface area contributed by atoms with Crippen LogP contribution in [0.4, 0.5) is 5.69 Å². The molecule has 1 amide bonds. The van der Waals surface area contributed by atoms with Gasteiger partial charge in [0.15, 0.2) is 0 Å². The van der Waals surface area contributed by atoms with E-state index in [1.165, 1.54) is 5.56 Å². The van der Waals surface area contributed by atoms with Crippen molar-refractivity contribution in [1.82, 2.24) is 9.88 Å². The first-order valence-electron chi connectivity index (χ1n) is 6.57. The van der Waals surface area contributed by atoms with E-state index in [4.69, 9.17) is 11.6 Å². The molecule has 0 aliphatic carbocycles. The number of benzene rings is 1. The molecule has 2 aromatic rings. The molecule has 0 bridgehead atoms. The highest BCUT2D eigenvalue weighted by atomic mass is 35.5. The molecule has 1 aliphatic rings. The number of para-hydroxylation sites is 1. The van der Waals surface area contributed by atoms with Crippen LogP contribution in [0.2, 0.25) is 5.02 Å². The predicted octanol–water partition coefficient (Wildman–Crippen LogP) is 2.76. The van der Waals surface area contributed by atoms with E-state index in [1.807, 2.05) is 23.1 Å². The van der Waals surface area contributed by atoms with Crippen molar-refractivity contribution >= 4 is 23.2 Å². The number of likely N-dealkylation sites (N-methyl/N-ethyl adjacent to an activating group) is 1. The molecule has 1 aliphatic heterocycles. The number of hydrogen-bond donors (Lipinski definition) is 1. The topological polar surface area (TPSA) is 39.3 Å². The Labute approximate surface area is 123 Å². The predicted molar refractivity (Wildman–Crippen MR) is 80.3 cm³/mol. The Kier molecular flexibility index (Phi) is 3.51. The fraction of sp³-hybridized carbons (Fsp3) is 0.267. The molecular weight excluding hydrogens is 274 g/mol. The summed E-state index contributed by atoms with van der Waals surface area (Å²) in [5, 5.41) is 0.550. The molecule has 104 valence electrons. The molecule has 1 N–H and O–H groups in total. The number of hydrogen-bond acceptors (Lipinski definition) is 2. The molecule has 1 aromatic carbocycles. The van der Waals surface area contributed by atoms with Gasteiger partial charge < -0.3 is 14.8 Å². The lowest BCUT2D eigenvalue weighted by Crippen LogP contribution is -2.35. The Bertz CT molecular complexity index is 638. The summed E-state index contributed by atoms with van der Waals surface area (Å²) >= 11 is 5.89. The van der Waals surface area contributed by atoms with Gasteiger partial charge in [0.05, 0.1) is 5.02 Å². The zero-order chi connectivity index (χ0) is 14.1. The average Bonchev–Trinajstić information content (AvgIpc) is 2.79. The summed E-state index contributed by atoms with van der Waals surface area (Å²) in [6, 6.07) is 9.70. The maximum Gasteiger partial charge on any atom is 0.274 e. The molecular formula is C15H16ClN3O. The van der Waals surface area contributed by atoms with Crippen LogP contribution in [0.25, 0.3) is 0 Å². The van der Waals surface area contributed by atoms with Crippen LogP contribution in [0.1, 0.15) is 16.1 Å². The average molecular weight is 290 g/mol. The first-order chi connectivity index (χ1) is 9.65. The van der Waals surface area contributed by atoms with Crippen LogP contribution in [0.15, 0.2) is 36.5 Å². The highest BCUT2D eigenvalue weighted by molar-refractivity contribution is 6.31. The third-order valence-electron chi connectivity index (χ3n) is 3.55. The minimum atomic E-state index is -0.0420. The van der Waals surface area contributed by atoms with E-state index in [1.54, 1.807) is 12.3 Å². The Morgan fingerprint density at radius 2 is 2.10 bits per heavy atom. The zero-order valence-electron chi connectivity index (χ0n) is 11.3. The van der Waals surface area contributed by atoms with Crippen LogP contribution in [-0.2, 0) is 6.54 Å². The van der Waals surface area contributed by atoms with Crippen molar-refractivity contribution in [2.24, 2.45) is 0 Å². The first kappa shape index (κ1) is 13.2. The fourth-order valence-electron chi connectivity index (χ4n) is 2.52. The molecule has 5 heteroatoms. The van der Waals surface area contributed by atoms with E-state index in [9.17, 15) is 4.79 Å². The molecule has 0 fully saturated rings. The van der Waals surface area contributed by atoms with E-state index in [0.29, 0.717) is 17.3 Å². The van der Waals surface area contributed by atoms with Gasteiger partial charge in [-0.1, -0.05) is 29.8 Å². The lowest BCUT2D eigenvalue weighted by molar-refractivity contribution is 0.0981. The highest BCUT2D eigenvalue weighted by Gasteiger charge is 2.24. The van der Waals surface area contributed by atoms with Crippen molar-refractivity contribution in [3.63, 3.8) is 0 Å². The molecule has 0 saturated carbocycles. The number of nitrogens with one attached hydrogen (secondary N) is 1. The van der Waals surface area contributed by atoms with E-state index < -0.39 is 0 Å². The molecule has 1 aromatic heterocycles. The molecule has 0 radical (unpaired) electrons. The SMILES string of the molecule is CN1CCN(C(=O)c2cc(Cl)c[nH]2)c2ccccc2C1. The zero-order valence-corrected chi connectivity index (χ0v) is 12.0. The fourth-order valence-corrected chi connectivity index (χ4v) is 2.68. The lowest BCUT2D eigenvalue weighted by Gasteiger charge is -2.22.